The number of aromatic amines is 1. The van der Waals surface area contributed by atoms with Gasteiger partial charge >= 0.3 is 0 Å². The molecule has 6 heteroatoms. The number of amides is 1. The van der Waals surface area contributed by atoms with Crippen molar-refractivity contribution in [3.63, 3.8) is 0 Å². The molecule has 0 spiro atoms. The van der Waals surface area contributed by atoms with Crippen LogP contribution in [0.15, 0.2) is 53.3 Å². The number of rotatable bonds is 6. The molecule has 146 valence electrons. The van der Waals surface area contributed by atoms with Gasteiger partial charge in [0.05, 0.1) is 12.5 Å². The van der Waals surface area contributed by atoms with Crippen LogP contribution in [0.1, 0.15) is 22.7 Å². The average molecular weight is 398 g/mol. The molecule has 0 radical (unpaired) electrons. The van der Waals surface area contributed by atoms with Gasteiger partial charge in [-0.05, 0) is 67.9 Å². The van der Waals surface area contributed by atoms with E-state index in [4.69, 9.17) is 11.6 Å². The lowest BCUT2D eigenvalue weighted by Gasteiger charge is -2.25. The minimum atomic E-state index is -0.0880. The first-order chi connectivity index (χ1) is 13.3. The van der Waals surface area contributed by atoms with Gasteiger partial charge in [-0.15, -0.1) is 0 Å². The van der Waals surface area contributed by atoms with Crippen molar-refractivity contribution in [2.45, 2.75) is 19.4 Å². The predicted octanol–water partition coefficient (Wildman–Crippen LogP) is 3.45. The number of benzene rings is 2. The van der Waals surface area contributed by atoms with Gasteiger partial charge in [0.1, 0.15) is 0 Å². The summed E-state index contributed by atoms with van der Waals surface area (Å²) < 4.78 is 0. The standard InChI is InChI=1S/C22H24ClN3O2/c1-14-10-17-11-15(4-9-19(17)25-22(14)28)12-21(27)24-13-20(26(2)3)16-5-7-18(23)8-6-16/h4-11,20H,12-13H2,1-3H3,(H,24,27)(H,25,28). The molecule has 0 saturated heterocycles. The van der Waals surface area contributed by atoms with Crippen LogP contribution in [0.4, 0.5) is 0 Å². The van der Waals surface area contributed by atoms with Crippen LogP contribution in [-0.2, 0) is 11.2 Å². The van der Waals surface area contributed by atoms with Crippen LogP contribution in [0.5, 0.6) is 0 Å². The van der Waals surface area contributed by atoms with Crippen LogP contribution in [0.2, 0.25) is 5.02 Å². The molecule has 0 aliphatic rings. The summed E-state index contributed by atoms with van der Waals surface area (Å²) in [5.41, 5.74) is 3.35. The molecular weight excluding hydrogens is 374 g/mol. The van der Waals surface area contributed by atoms with Gasteiger partial charge < -0.3 is 15.2 Å². The lowest BCUT2D eigenvalue weighted by molar-refractivity contribution is -0.120. The highest BCUT2D eigenvalue weighted by Gasteiger charge is 2.15. The summed E-state index contributed by atoms with van der Waals surface area (Å²) in [6, 6.07) is 15.2. The van der Waals surface area contributed by atoms with Crippen molar-refractivity contribution in [3.8, 4) is 0 Å². The highest BCUT2D eigenvalue weighted by molar-refractivity contribution is 6.30. The van der Waals surface area contributed by atoms with E-state index in [-0.39, 0.29) is 23.9 Å². The smallest absolute Gasteiger partial charge is 0.251 e. The molecule has 28 heavy (non-hydrogen) atoms. The molecule has 3 aromatic rings. The number of nitrogens with zero attached hydrogens (tertiary/aromatic N) is 1. The first kappa shape index (κ1) is 20.1. The maximum atomic E-state index is 12.5. The van der Waals surface area contributed by atoms with Crippen LogP contribution in [0.3, 0.4) is 0 Å². The van der Waals surface area contributed by atoms with E-state index in [1.54, 1.807) is 6.92 Å². The SMILES string of the molecule is Cc1cc2cc(CC(=O)NCC(c3ccc(Cl)cc3)N(C)C)ccc2[nH]c1=O. The maximum absolute atomic E-state index is 12.5. The number of hydrogen-bond donors (Lipinski definition) is 2. The zero-order valence-electron chi connectivity index (χ0n) is 16.3. The van der Waals surface area contributed by atoms with Gasteiger partial charge in [0.25, 0.3) is 5.56 Å². The normalized spacial score (nSPS) is 12.3. The van der Waals surface area contributed by atoms with Crippen molar-refractivity contribution in [1.29, 1.82) is 0 Å². The Morgan fingerprint density at radius 3 is 2.54 bits per heavy atom. The zero-order valence-corrected chi connectivity index (χ0v) is 17.0. The Balaban J connectivity index is 1.67. The van der Waals surface area contributed by atoms with Gasteiger partial charge in [-0.2, -0.15) is 0 Å². The van der Waals surface area contributed by atoms with E-state index >= 15 is 0 Å². The molecule has 1 atom stereocenters. The summed E-state index contributed by atoms with van der Waals surface area (Å²) in [6.07, 6.45) is 0.287. The van der Waals surface area contributed by atoms with Crippen LogP contribution >= 0.6 is 11.6 Å². The molecule has 0 fully saturated rings. The van der Waals surface area contributed by atoms with Gasteiger partial charge in [0.15, 0.2) is 0 Å². The van der Waals surface area contributed by atoms with E-state index in [1.807, 2.05) is 62.6 Å². The molecule has 1 aromatic heterocycles. The molecule has 0 aliphatic heterocycles. The van der Waals surface area contributed by atoms with E-state index in [0.29, 0.717) is 17.1 Å². The molecule has 2 N–H and O–H groups in total. The highest BCUT2D eigenvalue weighted by Crippen LogP contribution is 2.20. The largest absolute Gasteiger partial charge is 0.354 e. The highest BCUT2D eigenvalue weighted by atomic mass is 35.5. The number of H-pyrrole nitrogens is 1. The van der Waals surface area contributed by atoms with Crippen molar-refractivity contribution >= 4 is 28.4 Å². The quantitative estimate of drug-likeness (QED) is 0.669. The third-order valence-corrected chi connectivity index (χ3v) is 5.08. The minimum absolute atomic E-state index is 0.0405. The molecule has 0 bridgehead atoms. The van der Waals surface area contributed by atoms with Crippen molar-refractivity contribution in [3.05, 3.63) is 80.6 Å². The van der Waals surface area contributed by atoms with Gasteiger partial charge in [0.2, 0.25) is 5.91 Å². The summed E-state index contributed by atoms with van der Waals surface area (Å²) in [4.78, 5) is 29.1. The second-order valence-electron chi connectivity index (χ2n) is 7.21. The molecule has 1 amide bonds. The molecule has 0 aliphatic carbocycles. The molecule has 0 saturated carbocycles. The number of carbonyl (C=O) groups is 1. The summed E-state index contributed by atoms with van der Waals surface area (Å²) in [5, 5.41) is 4.64. The van der Waals surface area contributed by atoms with Gasteiger partial charge in [-0.25, -0.2) is 0 Å². The number of nitrogens with one attached hydrogen (secondary N) is 2. The minimum Gasteiger partial charge on any atom is -0.354 e. The number of fused-ring (bicyclic) bond motifs is 1. The monoisotopic (exact) mass is 397 g/mol. The molecule has 5 nitrogen and oxygen atoms in total. The fraction of sp³-hybridized carbons (Fsp3) is 0.273. The lowest BCUT2D eigenvalue weighted by atomic mass is 10.1. The molecule has 1 heterocycles. The van der Waals surface area contributed by atoms with E-state index in [9.17, 15) is 9.59 Å². The average Bonchev–Trinajstić information content (AvgIpc) is 2.64. The predicted molar refractivity (Wildman–Crippen MR) is 114 cm³/mol. The number of aromatic nitrogens is 1. The Bertz CT molecular complexity index is 1040. The topological polar surface area (TPSA) is 65.2 Å². The first-order valence-corrected chi connectivity index (χ1v) is 9.52. The molecule has 2 aromatic carbocycles. The third-order valence-electron chi connectivity index (χ3n) is 4.83. The Labute approximate surface area is 169 Å². The molecular formula is C22H24ClN3O2. The zero-order chi connectivity index (χ0) is 20.3. The summed E-state index contributed by atoms with van der Waals surface area (Å²) in [5.74, 6) is -0.0405. The number of halogens is 1. The Morgan fingerprint density at radius 1 is 1.14 bits per heavy atom. The summed E-state index contributed by atoms with van der Waals surface area (Å²) in [7, 11) is 3.97. The van der Waals surface area contributed by atoms with Crippen LogP contribution < -0.4 is 10.9 Å². The number of carbonyl (C=O) groups excluding carboxylic acids is 1. The Hall–Kier alpha value is -2.63. The van der Waals surface area contributed by atoms with Gasteiger partial charge in [-0.1, -0.05) is 29.8 Å². The molecule has 1 unspecified atom stereocenters. The van der Waals surface area contributed by atoms with Crippen molar-refractivity contribution in [1.82, 2.24) is 15.2 Å². The number of likely N-dealkylation sites (N-methyl/N-ethyl adjacent to an activating group) is 1. The van der Waals surface area contributed by atoms with Crippen molar-refractivity contribution in [2.24, 2.45) is 0 Å². The number of pyridine rings is 1. The fourth-order valence-corrected chi connectivity index (χ4v) is 3.34. The van der Waals surface area contributed by atoms with Crippen LogP contribution in [0, 0.1) is 6.92 Å². The number of aryl methyl sites for hydroxylation is 1. The molecule has 3 rings (SSSR count). The van der Waals surface area contributed by atoms with Crippen molar-refractivity contribution in [2.75, 3.05) is 20.6 Å². The Morgan fingerprint density at radius 2 is 1.86 bits per heavy atom. The second kappa shape index (κ2) is 8.59. The van der Waals surface area contributed by atoms with Crippen LogP contribution in [0.25, 0.3) is 10.9 Å². The third kappa shape index (κ3) is 4.80. The Kier molecular flexibility index (Phi) is 6.17. The lowest BCUT2D eigenvalue weighted by Crippen LogP contribution is -2.35. The van der Waals surface area contributed by atoms with E-state index in [1.165, 1.54) is 0 Å². The summed E-state index contributed by atoms with van der Waals surface area (Å²) in [6.45, 7) is 2.28. The fourth-order valence-electron chi connectivity index (χ4n) is 3.22. The second-order valence-corrected chi connectivity index (χ2v) is 7.65. The first-order valence-electron chi connectivity index (χ1n) is 9.14. The van der Waals surface area contributed by atoms with Gasteiger partial charge in [-0.3, -0.25) is 9.59 Å². The van der Waals surface area contributed by atoms with Gasteiger partial charge in [0, 0.05) is 22.6 Å². The van der Waals surface area contributed by atoms with Crippen molar-refractivity contribution < 1.29 is 4.79 Å². The van der Waals surface area contributed by atoms with E-state index < -0.39 is 0 Å². The maximum Gasteiger partial charge on any atom is 0.251 e. The number of hydrogen-bond acceptors (Lipinski definition) is 3. The van der Waals surface area contributed by atoms with E-state index in [2.05, 4.69) is 15.2 Å². The summed E-state index contributed by atoms with van der Waals surface area (Å²) >= 11 is 5.97. The van der Waals surface area contributed by atoms with E-state index in [0.717, 1.165) is 22.0 Å². The van der Waals surface area contributed by atoms with Crippen LogP contribution in [-0.4, -0.2) is 36.4 Å².